The molecule has 5 atom stereocenters. The third-order valence-electron chi connectivity index (χ3n) is 9.18. The molecule has 3 heterocycles. The van der Waals surface area contributed by atoms with E-state index in [1.807, 2.05) is 4.90 Å². The van der Waals surface area contributed by atoms with Crippen molar-refractivity contribution in [1.82, 2.24) is 9.88 Å². The number of rotatable bonds is 10. The summed E-state index contributed by atoms with van der Waals surface area (Å²) in [4.78, 5) is 34.3. The van der Waals surface area contributed by atoms with Crippen molar-refractivity contribution in [2.45, 2.75) is 76.9 Å². The molecule has 6 rings (SSSR count). The third-order valence-corrected chi connectivity index (χ3v) is 10.5. The average molecular weight is 632 g/mol. The third kappa shape index (κ3) is 5.56. The molecule has 2 aliphatic carbocycles. The zero-order valence-corrected chi connectivity index (χ0v) is 25.4. The summed E-state index contributed by atoms with van der Waals surface area (Å²) < 4.78 is 44.2. The Morgan fingerprint density at radius 2 is 1.91 bits per heavy atom. The smallest absolute Gasteiger partial charge is 0.387 e. The molecule has 0 radical (unpaired) electrons. The lowest BCUT2D eigenvalue weighted by molar-refractivity contribution is -0.147. The van der Waals surface area contributed by atoms with E-state index in [2.05, 4.69) is 4.98 Å². The number of alkyl halides is 2. The number of carbonyl (C=O) groups excluding carboxylic acids is 1. The van der Waals surface area contributed by atoms with Crippen LogP contribution in [-0.2, 0) is 9.53 Å². The Kier molecular flexibility index (Phi) is 8.14. The number of aliphatic carboxylic acids is 1. The van der Waals surface area contributed by atoms with Crippen molar-refractivity contribution in [2.24, 2.45) is 11.8 Å². The Morgan fingerprint density at radius 3 is 2.55 bits per heavy atom. The van der Waals surface area contributed by atoms with Gasteiger partial charge in [0.15, 0.2) is 0 Å². The molecule has 2 aromatic heterocycles. The predicted octanol–water partition coefficient (Wildman–Crippen LogP) is 5.70. The number of carbonyl (C=O) groups is 2. The molecule has 0 spiro atoms. The van der Waals surface area contributed by atoms with E-state index in [9.17, 15) is 28.6 Å². The normalized spacial score (nSPS) is 24.1. The van der Waals surface area contributed by atoms with Crippen molar-refractivity contribution in [3.63, 3.8) is 0 Å². The summed E-state index contributed by atoms with van der Waals surface area (Å²) in [6.07, 6.45) is 4.61. The van der Waals surface area contributed by atoms with E-state index in [0.717, 1.165) is 25.7 Å². The average Bonchev–Trinajstić information content (AvgIpc) is 3.74. The number of carboxylic acid groups (broad SMARTS) is 1. The fourth-order valence-corrected chi connectivity index (χ4v) is 8.11. The summed E-state index contributed by atoms with van der Waals surface area (Å²) in [6, 6.07) is 6.50. The Bertz CT molecular complexity index is 1510. The van der Waals surface area contributed by atoms with Gasteiger partial charge < -0.3 is 33.9 Å². The van der Waals surface area contributed by atoms with E-state index in [1.165, 1.54) is 48.6 Å². The maximum absolute atomic E-state index is 13.9. The van der Waals surface area contributed by atoms with Crippen LogP contribution in [0.3, 0.4) is 0 Å². The van der Waals surface area contributed by atoms with Crippen molar-refractivity contribution in [1.29, 1.82) is 0 Å². The molecule has 3 aromatic rings. The van der Waals surface area contributed by atoms with E-state index >= 15 is 0 Å². The number of aliphatic hydroxyl groups excluding tert-OH is 1. The summed E-state index contributed by atoms with van der Waals surface area (Å²) in [5, 5.41) is 20.8. The fraction of sp³-hybridized carbons (Fsp3) is 0.516. The lowest BCUT2D eigenvalue weighted by Gasteiger charge is -2.44. The second-order valence-electron chi connectivity index (χ2n) is 12.3. The number of thiophene rings is 1. The topological polar surface area (TPSA) is 126 Å². The standard InChI is InChI=1S/C31H35F2N3O7S/c1-16-24-27(38)36(31(2,3)29(39)40)15-35(28(24)44-25(16)26-34-8-9-41-26)14-23(21-6-4-5-7-22(21)43-30(32)33)42-20-12-17-10-19(37)11-18(17)13-20/h4-9,17-20,23,30,37H,10-15H2,1-3H3,(H,39,40)/t17-,18+,19?,20?,23?. The molecule has 10 nitrogen and oxygen atoms in total. The molecule has 13 heteroatoms. The van der Waals surface area contributed by atoms with Gasteiger partial charge in [0.25, 0.3) is 5.91 Å². The summed E-state index contributed by atoms with van der Waals surface area (Å²) in [6.45, 7) is 1.72. The van der Waals surface area contributed by atoms with Gasteiger partial charge in [0.2, 0.25) is 5.89 Å². The number of halogens is 2. The van der Waals surface area contributed by atoms with Gasteiger partial charge in [-0.05, 0) is 69.9 Å². The van der Waals surface area contributed by atoms with Crippen molar-refractivity contribution in [2.75, 3.05) is 18.1 Å². The number of aromatic nitrogens is 1. The highest BCUT2D eigenvalue weighted by molar-refractivity contribution is 7.20. The first-order chi connectivity index (χ1) is 20.9. The Morgan fingerprint density at radius 1 is 1.20 bits per heavy atom. The number of carboxylic acids is 1. The first-order valence-corrected chi connectivity index (χ1v) is 15.5. The van der Waals surface area contributed by atoms with Gasteiger partial charge in [0, 0.05) is 5.56 Å². The quantitative estimate of drug-likeness (QED) is 0.290. The fourth-order valence-electron chi connectivity index (χ4n) is 6.87. The maximum atomic E-state index is 13.9. The van der Waals surface area contributed by atoms with Gasteiger partial charge in [-0.15, -0.1) is 11.3 Å². The van der Waals surface area contributed by atoms with E-state index in [-0.39, 0.29) is 31.2 Å². The summed E-state index contributed by atoms with van der Waals surface area (Å²) >= 11 is 1.30. The van der Waals surface area contributed by atoms with E-state index in [4.69, 9.17) is 13.9 Å². The highest BCUT2D eigenvalue weighted by Gasteiger charge is 2.46. The number of nitrogens with zero attached hydrogens (tertiary/aromatic N) is 3. The SMILES string of the molecule is Cc1c(-c2ncco2)sc2c1C(=O)N(C(C)(C)C(=O)O)CN2CC(OC1C[C@H]2CC(O)C[C@H]2C1)c1ccccc1OC(F)F. The summed E-state index contributed by atoms with van der Waals surface area (Å²) in [5.41, 5.74) is -0.187. The monoisotopic (exact) mass is 631 g/mol. The number of ether oxygens (including phenoxy) is 2. The molecule has 1 aliphatic heterocycles. The molecule has 236 valence electrons. The second-order valence-corrected chi connectivity index (χ2v) is 13.3. The minimum Gasteiger partial charge on any atom is -0.480 e. The first-order valence-electron chi connectivity index (χ1n) is 14.6. The lowest BCUT2D eigenvalue weighted by Crippen LogP contribution is -2.59. The van der Waals surface area contributed by atoms with Gasteiger partial charge in [0.05, 0.1) is 42.1 Å². The number of hydrogen-bond donors (Lipinski definition) is 2. The minimum absolute atomic E-state index is 0.0139. The highest BCUT2D eigenvalue weighted by Crippen LogP contribution is 2.49. The van der Waals surface area contributed by atoms with Gasteiger partial charge in [-0.2, -0.15) is 8.78 Å². The van der Waals surface area contributed by atoms with Gasteiger partial charge in [-0.25, -0.2) is 9.78 Å². The van der Waals surface area contributed by atoms with Crippen molar-refractivity contribution < 1.29 is 42.5 Å². The molecule has 2 N–H and O–H groups in total. The largest absolute Gasteiger partial charge is 0.480 e. The second kappa shape index (κ2) is 11.8. The highest BCUT2D eigenvalue weighted by atomic mass is 32.1. The lowest BCUT2D eigenvalue weighted by atomic mass is 9.99. The van der Waals surface area contributed by atoms with Crippen LogP contribution in [0.5, 0.6) is 5.75 Å². The number of para-hydroxylation sites is 1. The Balaban J connectivity index is 1.40. The van der Waals surface area contributed by atoms with Gasteiger partial charge in [-0.1, -0.05) is 18.2 Å². The van der Waals surface area contributed by atoms with Crippen LogP contribution in [0.1, 0.15) is 67.1 Å². The van der Waals surface area contributed by atoms with Crippen LogP contribution in [-0.4, -0.2) is 69.5 Å². The van der Waals surface area contributed by atoms with Crippen LogP contribution in [0.4, 0.5) is 13.8 Å². The number of aliphatic hydroxyl groups is 1. The Hall–Kier alpha value is -3.55. The van der Waals surface area contributed by atoms with E-state index in [0.29, 0.717) is 44.3 Å². The minimum atomic E-state index is -3.04. The van der Waals surface area contributed by atoms with Crippen molar-refractivity contribution >= 4 is 28.2 Å². The van der Waals surface area contributed by atoms with Crippen LogP contribution in [0.25, 0.3) is 10.8 Å². The summed E-state index contributed by atoms with van der Waals surface area (Å²) in [5.74, 6) is -0.619. The number of amides is 1. The molecule has 3 aliphatic rings. The number of anilines is 1. The molecule has 0 saturated heterocycles. The molecule has 44 heavy (non-hydrogen) atoms. The molecule has 0 bridgehead atoms. The van der Waals surface area contributed by atoms with Crippen LogP contribution in [0, 0.1) is 18.8 Å². The molecule has 3 unspecified atom stereocenters. The zero-order valence-electron chi connectivity index (χ0n) is 24.6. The van der Waals surface area contributed by atoms with Gasteiger partial charge in [-0.3, -0.25) is 4.79 Å². The number of oxazole rings is 1. The molecular weight excluding hydrogens is 596 g/mol. The van der Waals surface area contributed by atoms with Crippen molar-refractivity contribution in [3.05, 3.63) is 53.4 Å². The molecule has 1 amide bonds. The number of fused-ring (bicyclic) bond motifs is 2. The maximum Gasteiger partial charge on any atom is 0.387 e. The van der Waals surface area contributed by atoms with Gasteiger partial charge in [0.1, 0.15) is 28.7 Å². The van der Waals surface area contributed by atoms with Crippen LogP contribution in [0.15, 0.2) is 41.1 Å². The number of benzene rings is 1. The van der Waals surface area contributed by atoms with Crippen LogP contribution in [0.2, 0.25) is 0 Å². The zero-order chi connectivity index (χ0) is 31.3. The predicted molar refractivity (Wildman–Crippen MR) is 157 cm³/mol. The van der Waals surface area contributed by atoms with E-state index in [1.54, 1.807) is 25.1 Å². The van der Waals surface area contributed by atoms with Crippen LogP contribution >= 0.6 is 11.3 Å². The number of hydrogen-bond acceptors (Lipinski definition) is 9. The molecule has 2 fully saturated rings. The van der Waals surface area contributed by atoms with E-state index < -0.39 is 30.1 Å². The Labute approximate surface area is 257 Å². The summed E-state index contributed by atoms with van der Waals surface area (Å²) in [7, 11) is 0. The molecular formula is C31H35F2N3O7S. The molecule has 1 aromatic carbocycles. The van der Waals surface area contributed by atoms with Gasteiger partial charge >= 0.3 is 12.6 Å². The van der Waals surface area contributed by atoms with Crippen molar-refractivity contribution in [3.8, 4) is 16.5 Å². The first kappa shape index (κ1) is 30.5. The molecule has 2 saturated carbocycles. The van der Waals surface area contributed by atoms with Crippen LogP contribution < -0.4 is 9.64 Å².